The van der Waals surface area contributed by atoms with Gasteiger partial charge in [0.05, 0.1) is 6.54 Å². The first kappa shape index (κ1) is 15.0. The molecule has 2 aliphatic rings. The fourth-order valence-electron chi connectivity index (χ4n) is 2.38. The molecule has 7 heteroatoms. The molecule has 2 amide bonds. The van der Waals surface area contributed by atoms with E-state index in [9.17, 15) is 9.59 Å². The Morgan fingerprint density at radius 2 is 2.09 bits per heavy atom. The van der Waals surface area contributed by atoms with Crippen LogP contribution >= 0.6 is 11.8 Å². The average Bonchev–Trinajstić information content (AvgIpc) is 2.54. The molecule has 1 N–H and O–H groups in total. The molecule has 22 heavy (non-hydrogen) atoms. The Morgan fingerprint density at radius 3 is 2.91 bits per heavy atom. The van der Waals surface area contributed by atoms with Gasteiger partial charge in [-0.15, -0.1) is 11.8 Å². The first-order valence-corrected chi connectivity index (χ1v) is 8.28. The zero-order valence-electron chi connectivity index (χ0n) is 12.2. The Morgan fingerprint density at radius 1 is 1.27 bits per heavy atom. The zero-order valence-corrected chi connectivity index (χ0v) is 13.0. The molecule has 0 aromatic heterocycles. The highest BCUT2D eigenvalue weighted by Gasteiger charge is 2.20. The number of piperazine rings is 1. The van der Waals surface area contributed by atoms with Crippen molar-refractivity contribution in [1.29, 1.82) is 0 Å². The largest absolute Gasteiger partial charge is 0.486 e. The number of nitrogens with one attached hydrogen (secondary N) is 1. The molecule has 6 nitrogen and oxygen atoms in total. The van der Waals surface area contributed by atoms with Crippen molar-refractivity contribution >= 4 is 23.6 Å². The van der Waals surface area contributed by atoms with Gasteiger partial charge in [-0.3, -0.25) is 9.59 Å². The summed E-state index contributed by atoms with van der Waals surface area (Å²) in [6.07, 6.45) is 0.423. The monoisotopic (exact) mass is 322 g/mol. The molecule has 118 valence electrons. The molecular formula is C15H18N2O4S. The predicted octanol–water partition coefficient (Wildman–Crippen LogP) is 0.898. The minimum atomic E-state index is -0.0842. The molecule has 0 bridgehead atoms. The lowest BCUT2D eigenvalue weighted by atomic mass is 10.3. The fraction of sp³-hybridized carbons (Fsp3) is 0.467. The number of ether oxygens (including phenoxy) is 2. The van der Waals surface area contributed by atoms with Gasteiger partial charge in [0.25, 0.3) is 0 Å². The number of thioether (sulfide) groups is 1. The molecule has 1 saturated heterocycles. The van der Waals surface area contributed by atoms with Crippen LogP contribution < -0.4 is 14.8 Å². The lowest BCUT2D eigenvalue weighted by Crippen LogP contribution is -2.50. The normalized spacial score (nSPS) is 17.1. The van der Waals surface area contributed by atoms with Gasteiger partial charge in [-0.2, -0.15) is 0 Å². The van der Waals surface area contributed by atoms with Crippen molar-refractivity contribution in [2.75, 3.05) is 38.6 Å². The van der Waals surface area contributed by atoms with Gasteiger partial charge in [-0.25, -0.2) is 0 Å². The van der Waals surface area contributed by atoms with Crippen molar-refractivity contribution in [1.82, 2.24) is 10.2 Å². The SMILES string of the molecule is O=C1CN(C(=O)CCSc2ccc3c(c2)OCCO3)CCN1. The maximum absolute atomic E-state index is 12.1. The number of nitrogens with zero attached hydrogens (tertiary/aromatic N) is 1. The standard InChI is InChI=1S/C15H18N2O4S/c18-14-10-17(5-4-16-14)15(19)3-8-22-11-1-2-12-13(9-11)21-7-6-20-12/h1-2,9H,3-8,10H2,(H,16,18). The maximum atomic E-state index is 12.1. The van der Waals surface area contributed by atoms with Crippen molar-refractivity contribution in [3.05, 3.63) is 18.2 Å². The number of fused-ring (bicyclic) bond motifs is 1. The number of hydrogen-bond acceptors (Lipinski definition) is 5. The highest BCUT2D eigenvalue weighted by molar-refractivity contribution is 7.99. The molecule has 3 rings (SSSR count). The van der Waals surface area contributed by atoms with Gasteiger partial charge in [0.1, 0.15) is 13.2 Å². The van der Waals surface area contributed by atoms with Gasteiger partial charge in [-0.05, 0) is 18.2 Å². The number of amides is 2. The van der Waals surface area contributed by atoms with Crippen LogP contribution in [0.25, 0.3) is 0 Å². The Bertz CT molecular complexity index is 579. The molecule has 1 aromatic rings. The van der Waals surface area contributed by atoms with Crippen molar-refractivity contribution in [2.45, 2.75) is 11.3 Å². The minimum Gasteiger partial charge on any atom is -0.486 e. The summed E-state index contributed by atoms with van der Waals surface area (Å²) in [5.41, 5.74) is 0. The fourth-order valence-corrected chi connectivity index (χ4v) is 3.25. The van der Waals surface area contributed by atoms with Gasteiger partial charge >= 0.3 is 0 Å². The molecule has 2 heterocycles. The van der Waals surface area contributed by atoms with Crippen molar-refractivity contribution in [2.24, 2.45) is 0 Å². The van der Waals surface area contributed by atoms with Gasteiger partial charge < -0.3 is 19.7 Å². The highest BCUT2D eigenvalue weighted by Crippen LogP contribution is 2.34. The molecule has 1 fully saturated rings. The average molecular weight is 322 g/mol. The van der Waals surface area contributed by atoms with Gasteiger partial charge in [-0.1, -0.05) is 0 Å². The summed E-state index contributed by atoms with van der Waals surface area (Å²) >= 11 is 1.60. The summed E-state index contributed by atoms with van der Waals surface area (Å²) in [4.78, 5) is 26.0. The van der Waals surface area contributed by atoms with Crippen LogP contribution in [0.15, 0.2) is 23.1 Å². The Labute approximate surface area is 133 Å². The van der Waals surface area contributed by atoms with Gasteiger partial charge in [0.15, 0.2) is 11.5 Å². The number of rotatable bonds is 4. The summed E-state index contributed by atoms with van der Waals surface area (Å²) in [5.74, 6) is 2.15. The number of carbonyl (C=O) groups excluding carboxylic acids is 2. The van der Waals surface area contributed by atoms with Crippen LogP contribution in [0.2, 0.25) is 0 Å². The predicted molar refractivity (Wildman–Crippen MR) is 82.4 cm³/mol. The van der Waals surface area contributed by atoms with Crippen LogP contribution in [0.3, 0.4) is 0 Å². The van der Waals surface area contributed by atoms with E-state index in [0.29, 0.717) is 38.5 Å². The summed E-state index contributed by atoms with van der Waals surface area (Å²) < 4.78 is 11.0. The summed E-state index contributed by atoms with van der Waals surface area (Å²) in [6, 6.07) is 5.81. The molecule has 0 radical (unpaired) electrons. The summed E-state index contributed by atoms with van der Waals surface area (Å²) in [5, 5.41) is 2.71. The third-order valence-corrected chi connectivity index (χ3v) is 4.48. The second-order valence-electron chi connectivity index (χ2n) is 5.07. The Kier molecular flexibility index (Phi) is 4.72. The van der Waals surface area contributed by atoms with Crippen LogP contribution in [0.1, 0.15) is 6.42 Å². The second kappa shape index (κ2) is 6.91. The van der Waals surface area contributed by atoms with E-state index < -0.39 is 0 Å². The molecule has 0 spiro atoms. The lowest BCUT2D eigenvalue weighted by Gasteiger charge is -2.26. The molecule has 1 aromatic carbocycles. The molecule has 0 atom stereocenters. The van der Waals surface area contributed by atoms with Crippen LogP contribution in [0.4, 0.5) is 0 Å². The summed E-state index contributed by atoms with van der Waals surface area (Å²) in [6.45, 7) is 2.46. The van der Waals surface area contributed by atoms with E-state index in [1.165, 1.54) is 0 Å². The maximum Gasteiger partial charge on any atom is 0.239 e. The van der Waals surface area contributed by atoms with Crippen LogP contribution in [0.5, 0.6) is 11.5 Å². The van der Waals surface area contributed by atoms with Crippen LogP contribution in [0, 0.1) is 0 Å². The zero-order chi connectivity index (χ0) is 15.4. The van der Waals surface area contributed by atoms with Crippen LogP contribution in [-0.2, 0) is 9.59 Å². The third kappa shape index (κ3) is 3.65. The Hall–Kier alpha value is -1.89. The first-order chi connectivity index (χ1) is 10.7. The summed E-state index contributed by atoms with van der Waals surface area (Å²) in [7, 11) is 0. The second-order valence-corrected chi connectivity index (χ2v) is 6.24. The van der Waals surface area contributed by atoms with Crippen molar-refractivity contribution < 1.29 is 19.1 Å². The molecule has 0 unspecified atom stereocenters. The van der Waals surface area contributed by atoms with E-state index in [-0.39, 0.29) is 18.4 Å². The number of benzene rings is 1. The highest BCUT2D eigenvalue weighted by atomic mass is 32.2. The van der Waals surface area contributed by atoms with E-state index in [0.717, 1.165) is 16.4 Å². The molecule has 0 aliphatic carbocycles. The quantitative estimate of drug-likeness (QED) is 0.834. The van der Waals surface area contributed by atoms with Crippen molar-refractivity contribution in [3.8, 4) is 11.5 Å². The lowest BCUT2D eigenvalue weighted by molar-refractivity contribution is -0.137. The van der Waals surface area contributed by atoms with E-state index in [4.69, 9.17) is 9.47 Å². The molecule has 0 saturated carbocycles. The Balaban J connectivity index is 1.48. The van der Waals surface area contributed by atoms with E-state index in [1.807, 2.05) is 18.2 Å². The third-order valence-electron chi connectivity index (χ3n) is 3.49. The molecular weight excluding hydrogens is 304 g/mol. The number of carbonyl (C=O) groups is 2. The van der Waals surface area contributed by atoms with Gasteiger partial charge in [0.2, 0.25) is 11.8 Å². The number of hydrogen-bond donors (Lipinski definition) is 1. The van der Waals surface area contributed by atoms with E-state index in [1.54, 1.807) is 16.7 Å². The van der Waals surface area contributed by atoms with E-state index in [2.05, 4.69) is 5.32 Å². The topological polar surface area (TPSA) is 67.9 Å². The smallest absolute Gasteiger partial charge is 0.239 e. The van der Waals surface area contributed by atoms with Crippen molar-refractivity contribution in [3.63, 3.8) is 0 Å². The van der Waals surface area contributed by atoms with Crippen LogP contribution in [-0.4, -0.2) is 55.3 Å². The van der Waals surface area contributed by atoms with E-state index >= 15 is 0 Å². The minimum absolute atomic E-state index is 0.0277. The first-order valence-electron chi connectivity index (χ1n) is 7.29. The van der Waals surface area contributed by atoms with Gasteiger partial charge in [0, 0.05) is 30.2 Å². The molecule has 2 aliphatic heterocycles.